The Morgan fingerprint density at radius 1 is 1.37 bits per heavy atom. The van der Waals surface area contributed by atoms with Crippen LogP contribution < -0.4 is 10.1 Å². The molecule has 1 atom stereocenters. The van der Waals surface area contributed by atoms with Crippen LogP contribution in [0.5, 0.6) is 5.88 Å². The van der Waals surface area contributed by atoms with Crippen molar-refractivity contribution in [2.24, 2.45) is 0 Å². The lowest BCUT2D eigenvalue weighted by atomic mass is 10.1. The highest BCUT2D eigenvalue weighted by Crippen LogP contribution is 2.13. The number of aromatic nitrogens is 1. The Balaban J connectivity index is 1.78. The Labute approximate surface area is 113 Å². The maximum atomic E-state index is 5.33. The lowest BCUT2D eigenvalue weighted by molar-refractivity contribution is 0.387. The van der Waals surface area contributed by atoms with Gasteiger partial charge in [-0.3, -0.25) is 0 Å². The minimum absolute atomic E-state index is 0.412. The average Bonchev–Trinajstić information content (AvgIpc) is 2.96. The maximum Gasteiger partial charge on any atom is 0.217 e. The van der Waals surface area contributed by atoms with E-state index in [4.69, 9.17) is 9.15 Å². The fraction of sp³-hybridized carbons (Fsp3) is 0.400. The summed E-state index contributed by atoms with van der Waals surface area (Å²) in [5, 5.41) is 3.47. The number of pyridine rings is 1. The minimum Gasteiger partial charge on any atom is -0.481 e. The average molecular weight is 260 g/mol. The van der Waals surface area contributed by atoms with Gasteiger partial charge in [-0.25, -0.2) is 4.98 Å². The smallest absolute Gasteiger partial charge is 0.217 e. The van der Waals surface area contributed by atoms with Gasteiger partial charge in [0.2, 0.25) is 5.88 Å². The first-order valence-electron chi connectivity index (χ1n) is 6.53. The van der Waals surface area contributed by atoms with Crippen LogP contribution in [0.3, 0.4) is 0 Å². The molecule has 0 bridgehead atoms. The Bertz CT molecular complexity index is 483. The molecule has 0 aliphatic heterocycles. The molecule has 102 valence electrons. The molecule has 0 saturated carbocycles. The molecule has 0 aliphatic carbocycles. The van der Waals surface area contributed by atoms with Crippen LogP contribution in [0.4, 0.5) is 0 Å². The first kappa shape index (κ1) is 13.6. The van der Waals surface area contributed by atoms with E-state index >= 15 is 0 Å². The zero-order valence-corrected chi connectivity index (χ0v) is 11.4. The van der Waals surface area contributed by atoms with E-state index < -0.39 is 0 Å². The highest BCUT2D eigenvalue weighted by atomic mass is 16.5. The fourth-order valence-electron chi connectivity index (χ4n) is 1.94. The van der Waals surface area contributed by atoms with Crippen molar-refractivity contribution in [3.05, 3.63) is 48.0 Å². The summed E-state index contributed by atoms with van der Waals surface area (Å²) >= 11 is 0. The van der Waals surface area contributed by atoms with E-state index in [-0.39, 0.29) is 0 Å². The van der Waals surface area contributed by atoms with E-state index in [9.17, 15) is 0 Å². The van der Waals surface area contributed by atoms with E-state index in [1.807, 2.05) is 24.3 Å². The largest absolute Gasteiger partial charge is 0.481 e. The van der Waals surface area contributed by atoms with Crippen LogP contribution in [0.15, 0.2) is 41.1 Å². The summed E-state index contributed by atoms with van der Waals surface area (Å²) in [6, 6.07) is 8.30. The molecular weight excluding hydrogens is 240 g/mol. The Morgan fingerprint density at radius 3 is 3.00 bits per heavy atom. The SMILES string of the molecule is COc1ncccc1CNC(C)CCc1ccco1. The predicted molar refractivity (Wildman–Crippen MR) is 74.1 cm³/mol. The first-order valence-corrected chi connectivity index (χ1v) is 6.53. The molecule has 0 radical (unpaired) electrons. The van der Waals surface area contributed by atoms with E-state index in [1.165, 1.54) is 0 Å². The summed E-state index contributed by atoms with van der Waals surface area (Å²) < 4.78 is 10.6. The van der Waals surface area contributed by atoms with Gasteiger partial charge in [-0.2, -0.15) is 0 Å². The summed E-state index contributed by atoms with van der Waals surface area (Å²) in [6.07, 6.45) is 5.44. The molecule has 19 heavy (non-hydrogen) atoms. The molecule has 0 aromatic carbocycles. The van der Waals surface area contributed by atoms with Crippen molar-refractivity contribution in [1.29, 1.82) is 0 Å². The number of hydrogen-bond donors (Lipinski definition) is 1. The van der Waals surface area contributed by atoms with Gasteiger partial charge in [0.25, 0.3) is 0 Å². The Hall–Kier alpha value is -1.81. The van der Waals surface area contributed by atoms with Crippen molar-refractivity contribution in [2.45, 2.75) is 32.4 Å². The van der Waals surface area contributed by atoms with Crippen LogP contribution in [0.1, 0.15) is 24.7 Å². The molecule has 2 aromatic rings. The molecule has 1 N–H and O–H groups in total. The number of furan rings is 1. The maximum absolute atomic E-state index is 5.33. The van der Waals surface area contributed by atoms with Crippen LogP contribution in [0.2, 0.25) is 0 Å². The van der Waals surface area contributed by atoms with E-state index in [1.54, 1.807) is 19.6 Å². The second-order valence-electron chi connectivity index (χ2n) is 4.57. The van der Waals surface area contributed by atoms with Crippen molar-refractivity contribution < 1.29 is 9.15 Å². The van der Waals surface area contributed by atoms with Gasteiger partial charge in [0.15, 0.2) is 0 Å². The van der Waals surface area contributed by atoms with Gasteiger partial charge in [0.05, 0.1) is 13.4 Å². The van der Waals surface area contributed by atoms with Crippen LogP contribution in [0, 0.1) is 0 Å². The van der Waals surface area contributed by atoms with Crippen LogP contribution in [-0.2, 0) is 13.0 Å². The van der Waals surface area contributed by atoms with E-state index in [2.05, 4.69) is 17.2 Å². The summed E-state index contributed by atoms with van der Waals surface area (Å²) in [5.41, 5.74) is 1.08. The minimum atomic E-state index is 0.412. The predicted octanol–water partition coefficient (Wildman–Crippen LogP) is 2.79. The monoisotopic (exact) mass is 260 g/mol. The second-order valence-corrected chi connectivity index (χ2v) is 4.57. The lowest BCUT2D eigenvalue weighted by Gasteiger charge is -2.14. The Morgan fingerprint density at radius 2 is 2.26 bits per heavy atom. The number of ether oxygens (including phenoxy) is 1. The molecule has 1 unspecified atom stereocenters. The highest BCUT2D eigenvalue weighted by molar-refractivity contribution is 5.25. The summed E-state index contributed by atoms with van der Waals surface area (Å²) in [6.45, 7) is 2.93. The number of rotatable bonds is 7. The molecule has 4 nitrogen and oxygen atoms in total. The molecule has 2 heterocycles. The van der Waals surface area contributed by atoms with Crippen molar-refractivity contribution in [3.8, 4) is 5.88 Å². The number of nitrogens with zero attached hydrogens (tertiary/aromatic N) is 1. The molecule has 2 aromatic heterocycles. The fourth-order valence-corrected chi connectivity index (χ4v) is 1.94. The van der Waals surface area contributed by atoms with Crippen molar-refractivity contribution >= 4 is 0 Å². The molecule has 0 fully saturated rings. The number of hydrogen-bond acceptors (Lipinski definition) is 4. The molecule has 2 rings (SSSR count). The number of nitrogens with one attached hydrogen (secondary N) is 1. The zero-order valence-electron chi connectivity index (χ0n) is 11.4. The second kappa shape index (κ2) is 6.95. The van der Waals surface area contributed by atoms with Gasteiger partial charge in [0, 0.05) is 30.8 Å². The molecular formula is C15H20N2O2. The topological polar surface area (TPSA) is 47.3 Å². The van der Waals surface area contributed by atoms with E-state index in [0.717, 1.165) is 30.7 Å². The molecule has 0 spiro atoms. The van der Waals surface area contributed by atoms with Crippen LogP contribution >= 0.6 is 0 Å². The Kier molecular flexibility index (Phi) is 4.98. The third kappa shape index (κ3) is 4.10. The van der Waals surface area contributed by atoms with Gasteiger partial charge in [-0.1, -0.05) is 6.07 Å². The number of aryl methyl sites for hydroxylation is 1. The summed E-state index contributed by atoms with van der Waals surface area (Å²) in [7, 11) is 1.65. The normalized spacial score (nSPS) is 12.3. The van der Waals surface area contributed by atoms with Crippen molar-refractivity contribution in [1.82, 2.24) is 10.3 Å². The molecule has 0 amide bonds. The molecule has 0 aliphatic rings. The van der Waals surface area contributed by atoms with E-state index in [0.29, 0.717) is 11.9 Å². The number of methoxy groups -OCH3 is 1. The van der Waals surface area contributed by atoms with Crippen LogP contribution in [0.25, 0.3) is 0 Å². The molecule has 0 saturated heterocycles. The van der Waals surface area contributed by atoms with Crippen molar-refractivity contribution in [2.75, 3.05) is 7.11 Å². The third-order valence-corrected chi connectivity index (χ3v) is 3.09. The standard InChI is InChI=1S/C15H20N2O2/c1-12(7-8-14-6-4-10-19-14)17-11-13-5-3-9-16-15(13)18-2/h3-6,9-10,12,17H,7-8,11H2,1-2H3. The van der Waals surface area contributed by atoms with Gasteiger partial charge >= 0.3 is 0 Å². The quantitative estimate of drug-likeness (QED) is 0.831. The van der Waals surface area contributed by atoms with Crippen LogP contribution in [-0.4, -0.2) is 18.1 Å². The van der Waals surface area contributed by atoms with Gasteiger partial charge in [-0.05, 0) is 31.5 Å². The summed E-state index contributed by atoms with van der Waals surface area (Å²) in [5.74, 6) is 1.72. The van der Waals surface area contributed by atoms with Gasteiger partial charge < -0.3 is 14.5 Å². The summed E-state index contributed by atoms with van der Waals surface area (Å²) in [4.78, 5) is 4.18. The highest BCUT2D eigenvalue weighted by Gasteiger charge is 2.07. The van der Waals surface area contributed by atoms with Gasteiger partial charge in [0.1, 0.15) is 5.76 Å². The van der Waals surface area contributed by atoms with Crippen molar-refractivity contribution in [3.63, 3.8) is 0 Å². The van der Waals surface area contributed by atoms with Gasteiger partial charge in [-0.15, -0.1) is 0 Å². The first-order chi connectivity index (χ1) is 9.29. The zero-order chi connectivity index (χ0) is 13.5. The molecule has 4 heteroatoms. The third-order valence-electron chi connectivity index (χ3n) is 3.09. The lowest BCUT2D eigenvalue weighted by Crippen LogP contribution is -2.26.